The van der Waals surface area contributed by atoms with Crippen molar-refractivity contribution in [1.29, 1.82) is 0 Å². The molecular weight excluding hydrogens is 224 g/mol. The van der Waals surface area contributed by atoms with Gasteiger partial charge in [0.25, 0.3) is 0 Å². The van der Waals surface area contributed by atoms with E-state index in [0.717, 1.165) is 37.9 Å². The molecule has 0 heterocycles. The van der Waals surface area contributed by atoms with Crippen molar-refractivity contribution in [1.82, 2.24) is 10.6 Å². The highest BCUT2D eigenvalue weighted by molar-refractivity contribution is 5.78. The van der Waals surface area contributed by atoms with E-state index in [1.165, 1.54) is 25.7 Å². The fourth-order valence-electron chi connectivity index (χ4n) is 2.65. The number of hydrogen-bond acceptors (Lipinski definition) is 2. The van der Waals surface area contributed by atoms with Gasteiger partial charge in [-0.05, 0) is 24.8 Å². The Labute approximate surface area is 112 Å². The van der Waals surface area contributed by atoms with Gasteiger partial charge in [-0.2, -0.15) is 0 Å². The smallest absolute Gasteiger partial charge is 0.224 e. The minimum Gasteiger partial charge on any atom is -0.356 e. The zero-order chi connectivity index (χ0) is 13.4. The van der Waals surface area contributed by atoms with E-state index in [1.54, 1.807) is 0 Å². The van der Waals surface area contributed by atoms with Crippen LogP contribution in [0.2, 0.25) is 0 Å². The normalized spacial score (nSPS) is 25.7. The number of carbonyl (C=O) groups is 1. The van der Waals surface area contributed by atoms with E-state index in [4.69, 9.17) is 0 Å². The van der Waals surface area contributed by atoms with E-state index < -0.39 is 0 Å². The third-order valence-electron chi connectivity index (χ3n) is 4.14. The molecule has 18 heavy (non-hydrogen) atoms. The van der Waals surface area contributed by atoms with Crippen LogP contribution in [-0.4, -0.2) is 25.5 Å². The maximum Gasteiger partial charge on any atom is 0.224 e. The Balaban J connectivity index is 2.08. The third-order valence-corrected chi connectivity index (χ3v) is 4.14. The van der Waals surface area contributed by atoms with E-state index in [9.17, 15) is 4.79 Å². The van der Waals surface area contributed by atoms with Gasteiger partial charge in [0, 0.05) is 19.0 Å². The van der Waals surface area contributed by atoms with Gasteiger partial charge in [-0.25, -0.2) is 0 Å². The number of carbonyl (C=O) groups excluding carboxylic acids is 1. The molecule has 0 bridgehead atoms. The molecule has 0 aromatic carbocycles. The highest BCUT2D eigenvalue weighted by atomic mass is 16.1. The number of amides is 1. The molecule has 2 N–H and O–H groups in total. The summed E-state index contributed by atoms with van der Waals surface area (Å²) in [5, 5.41) is 6.28. The molecule has 1 atom stereocenters. The molecule has 0 spiro atoms. The van der Waals surface area contributed by atoms with Crippen LogP contribution in [0.25, 0.3) is 0 Å². The van der Waals surface area contributed by atoms with E-state index in [0.29, 0.717) is 0 Å². The summed E-state index contributed by atoms with van der Waals surface area (Å²) >= 11 is 0. The van der Waals surface area contributed by atoms with Crippen molar-refractivity contribution in [3.8, 4) is 0 Å². The average Bonchev–Trinajstić information content (AvgIpc) is 2.38. The molecule has 0 saturated heterocycles. The van der Waals surface area contributed by atoms with E-state index in [-0.39, 0.29) is 11.8 Å². The number of hydrogen-bond donors (Lipinski definition) is 2. The van der Waals surface area contributed by atoms with Gasteiger partial charge in [0.1, 0.15) is 0 Å². The Hall–Kier alpha value is -0.570. The maximum atomic E-state index is 11.8. The quantitative estimate of drug-likeness (QED) is 0.733. The van der Waals surface area contributed by atoms with Gasteiger partial charge in [-0.3, -0.25) is 4.79 Å². The molecule has 106 valence electrons. The molecule has 1 aliphatic rings. The van der Waals surface area contributed by atoms with Gasteiger partial charge in [-0.15, -0.1) is 0 Å². The van der Waals surface area contributed by atoms with E-state index >= 15 is 0 Å². The van der Waals surface area contributed by atoms with Gasteiger partial charge in [0.05, 0.1) is 0 Å². The highest BCUT2D eigenvalue weighted by Crippen LogP contribution is 2.29. The van der Waals surface area contributed by atoms with Crippen LogP contribution in [0.5, 0.6) is 0 Å². The Morgan fingerprint density at radius 3 is 2.56 bits per heavy atom. The lowest BCUT2D eigenvalue weighted by atomic mass is 9.81. The van der Waals surface area contributed by atoms with Crippen LogP contribution in [-0.2, 0) is 4.79 Å². The third kappa shape index (κ3) is 5.85. The first-order valence-corrected chi connectivity index (χ1v) is 7.61. The van der Waals surface area contributed by atoms with E-state index in [1.807, 2.05) is 6.92 Å². The first-order chi connectivity index (χ1) is 8.63. The fraction of sp³-hybridized carbons (Fsp3) is 0.933. The largest absolute Gasteiger partial charge is 0.356 e. The second-order valence-electron chi connectivity index (χ2n) is 5.91. The van der Waals surface area contributed by atoms with Crippen LogP contribution >= 0.6 is 0 Å². The van der Waals surface area contributed by atoms with Crippen molar-refractivity contribution >= 4 is 5.91 Å². The lowest BCUT2D eigenvalue weighted by Gasteiger charge is -2.26. The van der Waals surface area contributed by atoms with Gasteiger partial charge >= 0.3 is 0 Å². The Morgan fingerprint density at radius 1 is 1.28 bits per heavy atom. The molecular formula is C15H30N2O. The second-order valence-corrected chi connectivity index (χ2v) is 5.91. The molecule has 1 aliphatic carbocycles. The number of rotatable bonds is 7. The zero-order valence-electron chi connectivity index (χ0n) is 12.3. The molecule has 1 amide bonds. The molecule has 3 nitrogen and oxygen atoms in total. The Kier molecular flexibility index (Phi) is 7.33. The summed E-state index contributed by atoms with van der Waals surface area (Å²) in [6.45, 7) is 8.96. The van der Waals surface area contributed by atoms with Crippen molar-refractivity contribution in [2.24, 2.45) is 17.8 Å². The molecule has 1 unspecified atom stereocenters. The summed E-state index contributed by atoms with van der Waals surface area (Å²) < 4.78 is 0. The summed E-state index contributed by atoms with van der Waals surface area (Å²) in [4.78, 5) is 11.8. The van der Waals surface area contributed by atoms with Crippen LogP contribution in [0.15, 0.2) is 0 Å². The summed E-state index contributed by atoms with van der Waals surface area (Å²) in [5.74, 6) is 2.03. The van der Waals surface area contributed by atoms with Crippen LogP contribution in [0.3, 0.4) is 0 Å². The fourth-order valence-corrected chi connectivity index (χ4v) is 2.65. The van der Waals surface area contributed by atoms with Crippen LogP contribution in [0.4, 0.5) is 0 Å². The van der Waals surface area contributed by atoms with Gasteiger partial charge in [0.15, 0.2) is 0 Å². The molecule has 1 fully saturated rings. The van der Waals surface area contributed by atoms with Crippen LogP contribution < -0.4 is 10.6 Å². The Morgan fingerprint density at radius 2 is 1.94 bits per heavy atom. The second kappa shape index (κ2) is 8.52. The lowest BCUT2D eigenvalue weighted by molar-refractivity contribution is -0.124. The van der Waals surface area contributed by atoms with Crippen molar-refractivity contribution in [3.63, 3.8) is 0 Å². The number of nitrogens with one attached hydrogen (secondary N) is 2. The topological polar surface area (TPSA) is 41.1 Å². The minimum absolute atomic E-state index is 0.0799. The molecule has 0 aromatic rings. The maximum absolute atomic E-state index is 11.8. The molecule has 3 heteroatoms. The summed E-state index contributed by atoms with van der Waals surface area (Å²) in [7, 11) is 0. The molecule has 0 aliphatic heterocycles. The average molecular weight is 254 g/mol. The van der Waals surface area contributed by atoms with E-state index in [2.05, 4.69) is 24.5 Å². The predicted octanol–water partition coefficient (Wildman–Crippen LogP) is 2.56. The molecule has 1 rings (SSSR count). The zero-order valence-corrected chi connectivity index (χ0v) is 12.3. The van der Waals surface area contributed by atoms with Gasteiger partial charge in [0.2, 0.25) is 5.91 Å². The van der Waals surface area contributed by atoms with Gasteiger partial charge in [-0.1, -0.05) is 46.5 Å². The molecule has 0 aromatic heterocycles. The van der Waals surface area contributed by atoms with Crippen molar-refractivity contribution in [2.75, 3.05) is 19.6 Å². The predicted molar refractivity (Wildman–Crippen MR) is 76.5 cm³/mol. The summed E-state index contributed by atoms with van der Waals surface area (Å²) in [6, 6.07) is 0. The molecule has 1 saturated carbocycles. The highest BCUT2D eigenvalue weighted by Gasteiger charge is 2.18. The minimum atomic E-state index is 0.0799. The van der Waals surface area contributed by atoms with Crippen molar-refractivity contribution < 1.29 is 4.79 Å². The molecule has 0 radical (unpaired) electrons. The van der Waals surface area contributed by atoms with Crippen LogP contribution in [0, 0.1) is 17.8 Å². The van der Waals surface area contributed by atoms with Gasteiger partial charge < -0.3 is 10.6 Å². The first-order valence-electron chi connectivity index (χ1n) is 7.61. The van der Waals surface area contributed by atoms with Crippen molar-refractivity contribution in [3.05, 3.63) is 0 Å². The lowest BCUT2D eigenvalue weighted by Crippen LogP contribution is -2.36. The standard InChI is InChI=1S/C15H30N2O/c1-4-16-11-13(3)15(18)17-10-9-14-7-5-12(2)6-8-14/h12-14,16H,4-11H2,1-3H3,(H,17,18). The van der Waals surface area contributed by atoms with Crippen molar-refractivity contribution in [2.45, 2.75) is 52.9 Å². The summed E-state index contributed by atoms with van der Waals surface area (Å²) in [6.07, 6.45) is 6.60. The monoisotopic (exact) mass is 254 g/mol. The van der Waals surface area contributed by atoms with Crippen LogP contribution in [0.1, 0.15) is 52.9 Å². The summed E-state index contributed by atoms with van der Waals surface area (Å²) in [5.41, 5.74) is 0. The SMILES string of the molecule is CCNCC(C)C(=O)NCCC1CCC(C)CC1. The first kappa shape index (κ1) is 15.5. The Bertz CT molecular complexity index is 235.